The van der Waals surface area contributed by atoms with Crippen molar-refractivity contribution in [2.45, 2.75) is 39.4 Å². The minimum atomic E-state index is -0.858. The summed E-state index contributed by atoms with van der Waals surface area (Å²) in [4.78, 5) is 32.0. The van der Waals surface area contributed by atoms with Crippen molar-refractivity contribution >= 4 is 29.1 Å². The summed E-state index contributed by atoms with van der Waals surface area (Å²) in [7, 11) is 0. The molecule has 2 aromatic carbocycles. The normalized spacial score (nSPS) is 19.9. The van der Waals surface area contributed by atoms with E-state index in [1.165, 1.54) is 9.91 Å². The zero-order valence-electron chi connectivity index (χ0n) is 17.7. The molecule has 0 spiro atoms. The van der Waals surface area contributed by atoms with Gasteiger partial charge in [-0.2, -0.15) is 5.11 Å². The zero-order valence-corrected chi connectivity index (χ0v) is 18.5. The lowest BCUT2D eigenvalue weighted by Gasteiger charge is -2.20. The molecule has 0 saturated carbocycles. The first-order chi connectivity index (χ1) is 15.3. The van der Waals surface area contributed by atoms with Gasteiger partial charge in [0.25, 0.3) is 11.8 Å². The second-order valence-corrected chi connectivity index (χ2v) is 8.52. The Bertz CT molecular complexity index is 1260. The number of amides is 2. The fraction of sp³-hybridized carbons (Fsp3) is 0.261. The molecule has 2 aliphatic heterocycles. The third-order valence-corrected chi connectivity index (χ3v) is 5.83. The molecule has 2 atom stereocenters. The number of hydrogen-bond acceptors (Lipinski definition) is 7. The zero-order chi connectivity index (χ0) is 22.6. The average molecular weight is 450 g/mol. The Hall–Kier alpha value is -3.52. The van der Waals surface area contributed by atoms with Crippen molar-refractivity contribution in [3.8, 4) is 11.5 Å². The Morgan fingerprint density at radius 1 is 1.03 bits per heavy atom. The predicted octanol–water partition coefficient (Wildman–Crippen LogP) is 4.41. The highest BCUT2D eigenvalue weighted by atomic mass is 35.5. The Morgan fingerprint density at radius 2 is 1.78 bits per heavy atom. The number of oxazole rings is 1. The van der Waals surface area contributed by atoms with Gasteiger partial charge in [-0.15, -0.1) is 0 Å². The van der Waals surface area contributed by atoms with Crippen LogP contribution in [-0.4, -0.2) is 33.9 Å². The van der Waals surface area contributed by atoms with E-state index in [4.69, 9.17) is 16.0 Å². The number of carbonyl (C=O) groups excluding carboxylic acids is 2. The molecule has 2 unspecified atom stereocenters. The van der Waals surface area contributed by atoms with Gasteiger partial charge in [-0.1, -0.05) is 29.0 Å². The monoisotopic (exact) mass is 449 g/mol. The lowest BCUT2D eigenvalue weighted by molar-refractivity contribution is -0.123. The molecule has 8 nitrogen and oxygen atoms in total. The van der Waals surface area contributed by atoms with Crippen LogP contribution in [0.1, 0.15) is 22.6 Å². The summed E-state index contributed by atoms with van der Waals surface area (Å²) in [5.41, 5.74) is 3.87. The number of benzene rings is 2. The van der Waals surface area contributed by atoms with Crippen LogP contribution in [0.3, 0.4) is 0 Å². The summed E-state index contributed by atoms with van der Waals surface area (Å²) < 4.78 is 5.81. The highest BCUT2D eigenvalue weighted by Crippen LogP contribution is 2.34. The van der Waals surface area contributed by atoms with Crippen molar-refractivity contribution in [3.63, 3.8) is 0 Å². The highest BCUT2D eigenvalue weighted by molar-refractivity contribution is 6.30. The summed E-state index contributed by atoms with van der Waals surface area (Å²) in [6, 6.07) is 11.2. The minimum absolute atomic E-state index is 0.195. The highest BCUT2D eigenvalue weighted by Gasteiger charge is 2.55. The third-order valence-electron chi connectivity index (χ3n) is 5.60. The Balaban J connectivity index is 1.41. The van der Waals surface area contributed by atoms with E-state index in [9.17, 15) is 9.59 Å². The van der Waals surface area contributed by atoms with E-state index in [-0.39, 0.29) is 18.4 Å². The van der Waals surface area contributed by atoms with Crippen LogP contribution in [0.15, 0.2) is 57.2 Å². The molecule has 2 aliphatic rings. The van der Waals surface area contributed by atoms with Gasteiger partial charge < -0.3 is 4.42 Å². The lowest BCUT2D eigenvalue weighted by atomic mass is 10.1. The topological polar surface area (TPSA) is 91.4 Å². The number of nitrogens with zero attached hydrogens (tertiary/aromatic N) is 5. The summed E-state index contributed by atoms with van der Waals surface area (Å²) in [6.45, 7) is 5.85. The maximum atomic E-state index is 13.3. The molecule has 0 aliphatic carbocycles. The summed E-state index contributed by atoms with van der Waals surface area (Å²) in [5, 5.41) is 10.3. The van der Waals surface area contributed by atoms with Crippen LogP contribution in [0.25, 0.3) is 11.5 Å². The summed E-state index contributed by atoms with van der Waals surface area (Å²) >= 11 is 6.07. The molecule has 1 fully saturated rings. The van der Waals surface area contributed by atoms with Crippen molar-refractivity contribution in [3.05, 3.63) is 70.1 Å². The number of fused-ring (bicyclic) bond motifs is 1. The van der Waals surface area contributed by atoms with Gasteiger partial charge in [-0.3, -0.25) is 14.6 Å². The van der Waals surface area contributed by atoms with E-state index in [2.05, 4.69) is 15.3 Å². The van der Waals surface area contributed by atoms with Gasteiger partial charge >= 0.3 is 0 Å². The van der Waals surface area contributed by atoms with Gasteiger partial charge in [0.1, 0.15) is 11.5 Å². The lowest BCUT2D eigenvalue weighted by Crippen LogP contribution is -2.39. The Labute approximate surface area is 189 Å². The first-order valence-corrected chi connectivity index (χ1v) is 10.6. The quantitative estimate of drug-likeness (QED) is 0.550. The number of aryl methyl sites for hydroxylation is 3. The van der Waals surface area contributed by atoms with Crippen molar-refractivity contribution in [1.82, 2.24) is 9.99 Å². The molecular weight excluding hydrogens is 430 g/mol. The second-order valence-electron chi connectivity index (χ2n) is 8.08. The average Bonchev–Trinajstić information content (AvgIpc) is 3.38. The van der Waals surface area contributed by atoms with Crippen LogP contribution in [0.2, 0.25) is 5.02 Å². The molecule has 2 amide bonds. The summed E-state index contributed by atoms with van der Waals surface area (Å²) in [5.74, 6) is 0.318. The van der Waals surface area contributed by atoms with Crippen molar-refractivity contribution in [2.24, 2.45) is 10.3 Å². The number of anilines is 1. The number of hydrogen-bond donors (Lipinski definition) is 0. The van der Waals surface area contributed by atoms with Gasteiger partial charge in [0, 0.05) is 10.6 Å². The molecule has 1 saturated heterocycles. The first-order valence-electron chi connectivity index (χ1n) is 10.2. The molecule has 5 rings (SSSR count). The van der Waals surface area contributed by atoms with Gasteiger partial charge in [0.15, 0.2) is 12.1 Å². The Kier molecular flexibility index (Phi) is 4.82. The molecular formula is C23H20ClN5O3. The van der Waals surface area contributed by atoms with Gasteiger partial charge in [-0.25, -0.2) is 9.88 Å². The first kappa shape index (κ1) is 20.4. The van der Waals surface area contributed by atoms with E-state index in [1.807, 2.05) is 44.2 Å². The number of rotatable bonds is 4. The van der Waals surface area contributed by atoms with Crippen LogP contribution in [-0.2, 0) is 16.1 Å². The molecule has 9 heteroatoms. The standard InChI is InChI=1S/C23H20ClN5O3/c1-12-7-13(2)9-17(8-12)29-22(30)19-20(23(29)31)28(27-26-19)11-18-14(3)32-21(25-18)15-5-4-6-16(24)10-15/h4-10,19-20H,11H2,1-3H3. The van der Waals surface area contributed by atoms with Crippen LogP contribution in [0, 0.1) is 20.8 Å². The van der Waals surface area contributed by atoms with E-state index >= 15 is 0 Å². The largest absolute Gasteiger partial charge is 0.441 e. The number of aromatic nitrogens is 1. The Morgan fingerprint density at radius 3 is 2.50 bits per heavy atom. The molecule has 32 heavy (non-hydrogen) atoms. The fourth-order valence-corrected chi connectivity index (χ4v) is 4.35. The SMILES string of the molecule is Cc1cc(C)cc(N2C(=O)C3N=NN(Cc4nc(-c5cccc(Cl)c5)oc4C)C3C2=O)c1. The van der Waals surface area contributed by atoms with Crippen LogP contribution < -0.4 is 4.90 Å². The smallest absolute Gasteiger partial charge is 0.263 e. The molecule has 0 N–H and O–H groups in total. The number of imide groups is 1. The minimum Gasteiger partial charge on any atom is -0.441 e. The van der Waals surface area contributed by atoms with Crippen LogP contribution in [0.5, 0.6) is 0 Å². The maximum absolute atomic E-state index is 13.3. The summed E-state index contributed by atoms with van der Waals surface area (Å²) in [6.07, 6.45) is 0. The fourth-order valence-electron chi connectivity index (χ4n) is 4.16. The van der Waals surface area contributed by atoms with Gasteiger partial charge in [0.05, 0.1) is 12.2 Å². The van der Waals surface area contributed by atoms with E-state index in [1.54, 1.807) is 19.1 Å². The van der Waals surface area contributed by atoms with E-state index < -0.39 is 12.1 Å². The third kappa shape index (κ3) is 3.36. The molecule has 3 aromatic rings. The maximum Gasteiger partial charge on any atom is 0.263 e. The molecule has 0 radical (unpaired) electrons. The number of halogens is 1. The molecule has 1 aromatic heterocycles. The van der Waals surface area contributed by atoms with Gasteiger partial charge in [-0.05, 0) is 62.2 Å². The molecule has 0 bridgehead atoms. The van der Waals surface area contributed by atoms with E-state index in [0.29, 0.717) is 28.1 Å². The predicted molar refractivity (Wildman–Crippen MR) is 118 cm³/mol. The number of carbonyl (C=O) groups is 2. The van der Waals surface area contributed by atoms with Crippen molar-refractivity contribution < 1.29 is 14.0 Å². The van der Waals surface area contributed by atoms with Gasteiger partial charge in [0.2, 0.25) is 5.89 Å². The van der Waals surface area contributed by atoms with Crippen molar-refractivity contribution in [2.75, 3.05) is 4.90 Å². The second kappa shape index (κ2) is 7.56. The van der Waals surface area contributed by atoms with Crippen LogP contribution >= 0.6 is 11.6 Å². The van der Waals surface area contributed by atoms with Crippen LogP contribution in [0.4, 0.5) is 5.69 Å². The molecule has 162 valence electrons. The van der Waals surface area contributed by atoms with E-state index in [0.717, 1.165) is 16.7 Å². The van der Waals surface area contributed by atoms with Crippen molar-refractivity contribution in [1.29, 1.82) is 0 Å². The molecule has 3 heterocycles.